The Morgan fingerprint density at radius 3 is 2.07 bits per heavy atom. The van der Waals surface area contributed by atoms with Crippen LogP contribution in [0.5, 0.6) is 5.75 Å². The predicted octanol–water partition coefficient (Wildman–Crippen LogP) is 4.48. The van der Waals surface area contributed by atoms with Crippen LogP contribution in [0.3, 0.4) is 0 Å². The van der Waals surface area contributed by atoms with Crippen molar-refractivity contribution < 1.29 is 9.84 Å². The Morgan fingerprint density at radius 1 is 0.821 bits per heavy atom. The highest BCUT2D eigenvalue weighted by Gasteiger charge is 2.13. The molecular formula is C25H29NO2. The van der Waals surface area contributed by atoms with Crippen molar-refractivity contribution >= 4 is 0 Å². The van der Waals surface area contributed by atoms with Crippen LogP contribution in [-0.2, 0) is 13.0 Å². The SMILES string of the molecule is Cc1ccc(OC[C@H](O)CN(CCc2ccccc2)Cc2ccccc2)cc1. The van der Waals surface area contributed by atoms with Gasteiger partial charge in [-0.15, -0.1) is 0 Å². The first-order chi connectivity index (χ1) is 13.7. The van der Waals surface area contributed by atoms with Crippen LogP contribution < -0.4 is 4.74 Å². The normalized spacial score (nSPS) is 12.1. The summed E-state index contributed by atoms with van der Waals surface area (Å²) in [7, 11) is 0. The maximum Gasteiger partial charge on any atom is 0.119 e. The predicted molar refractivity (Wildman–Crippen MR) is 115 cm³/mol. The molecule has 0 saturated heterocycles. The fourth-order valence-corrected chi connectivity index (χ4v) is 3.19. The average Bonchev–Trinajstić information content (AvgIpc) is 2.73. The molecule has 0 aliphatic heterocycles. The van der Waals surface area contributed by atoms with Gasteiger partial charge in [0.05, 0.1) is 0 Å². The first kappa shape index (κ1) is 20.1. The summed E-state index contributed by atoms with van der Waals surface area (Å²) >= 11 is 0. The summed E-state index contributed by atoms with van der Waals surface area (Å²) in [5.74, 6) is 0.795. The maximum atomic E-state index is 10.5. The van der Waals surface area contributed by atoms with Crippen LogP contribution in [0.4, 0.5) is 0 Å². The number of ether oxygens (including phenoxy) is 1. The largest absolute Gasteiger partial charge is 0.491 e. The minimum Gasteiger partial charge on any atom is -0.491 e. The first-order valence-electron chi connectivity index (χ1n) is 9.87. The number of benzene rings is 3. The Hall–Kier alpha value is -2.62. The topological polar surface area (TPSA) is 32.7 Å². The molecule has 0 amide bonds. The van der Waals surface area contributed by atoms with Crippen molar-refractivity contribution in [3.05, 3.63) is 102 Å². The molecule has 3 rings (SSSR count). The van der Waals surface area contributed by atoms with E-state index in [-0.39, 0.29) is 0 Å². The lowest BCUT2D eigenvalue weighted by Crippen LogP contribution is -2.36. The van der Waals surface area contributed by atoms with E-state index in [0.29, 0.717) is 13.2 Å². The molecule has 0 aromatic heterocycles. The van der Waals surface area contributed by atoms with Gasteiger partial charge in [-0.25, -0.2) is 0 Å². The summed E-state index contributed by atoms with van der Waals surface area (Å²) in [6.45, 7) is 4.62. The third kappa shape index (κ3) is 6.84. The number of aryl methyl sites for hydroxylation is 1. The van der Waals surface area contributed by atoms with Gasteiger partial charge in [0.1, 0.15) is 18.5 Å². The molecule has 3 heteroatoms. The van der Waals surface area contributed by atoms with Gasteiger partial charge >= 0.3 is 0 Å². The number of nitrogens with zero attached hydrogens (tertiary/aromatic N) is 1. The molecule has 0 aliphatic rings. The van der Waals surface area contributed by atoms with Gasteiger partial charge in [0.15, 0.2) is 0 Å². The molecule has 0 heterocycles. The van der Waals surface area contributed by atoms with E-state index in [1.165, 1.54) is 16.7 Å². The van der Waals surface area contributed by atoms with Gasteiger partial charge in [-0.1, -0.05) is 78.4 Å². The van der Waals surface area contributed by atoms with Gasteiger partial charge in [-0.05, 0) is 36.6 Å². The highest BCUT2D eigenvalue weighted by molar-refractivity contribution is 5.26. The molecule has 3 nitrogen and oxygen atoms in total. The molecule has 1 N–H and O–H groups in total. The molecule has 1 atom stereocenters. The highest BCUT2D eigenvalue weighted by Crippen LogP contribution is 2.13. The van der Waals surface area contributed by atoms with Crippen LogP contribution in [0.25, 0.3) is 0 Å². The van der Waals surface area contributed by atoms with Crippen LogP contribution >= 0.6 is 0 Å². The second-order valence-electron chi connectivity index (χ2n) is 7.23. The van der Waals surface area contributed by atoms with Gasteiger partial charge in [0.25, 0.3) is 0 Å². The zero-order chi connectivity index (χ0) is 19.6. The van der Waals surface area contributed by atoms with Gasteiger partial charge in [-0.2, -0.15) is 0 Å². The summed E-state index contributed by atoms with van der Waals surface area (Å²) in [4.78, 5) is 2.30. The molecular weight excluding hydrogens is 346 g/mol. The zero-order valence-corrected chi connectivity index (χ0v) is 16.5. The summed E-state index contributed by atoms with van der Waals surface area (Å²) in [6.07, 6.45) is 0.417. The van der Waals surface area contributed by atoms with E-state index in [0.717, 1.165) is 25.3 Å². The van der Waals surface area contributed by atoms with Crippen LogP contribution in [0, 0.1) is 6.92 Å². The fraction of sp³-hybridized carbons (Fsp3) is 0.280. The molecule has 0 aliphatic carbocycles. The molecule has 0 unspecified atom stereocenters. The summed E-state index contributed by atoms with van der Waals surface area (Å²) < 4.78 is 5.76. The molecule has 3 aromatic rings. The third-order valence-corrected chi connectivity index (χ3v) is 4.74. The van der Waals surface area contributed by atoms with Crippen molar-refractivity contribution in [3.63, 3.8) is 0 Å². The number of hydrogen-bond acceptors (Lipinski definition) is 3. The van der Waals surface area contributed by atoms with Gasteiger partial charge in [0, 0.05) is 19.6 Å². The zero-order valence-electron chi connectivity index (χ0n) is 16.5. The van der Waals surface area contributed by atoms with Crippen molar-refractivity contribution in [2.45, 2.75) is 26.0 Å². The van der Waals surface area contributed by atoms with E-state index in [1.54, 1.807) is 0 Å². The Balaban J connectivity index is 1.56. The Morgan fingerprint density at radius 2 is 1.43 bits per heavy atom. The van der Waals surface area contributed by atoms with Crippen molar-refractivity contribution in [1.29, 1.82) is 0 Å². The summed E-state index contributed by atoms with van der Waals surface area (Å²) in [5, 5.41) is 10.5. The van der Waals surface area contributed by atoms with Crippen LogP contribution in [0.2, 0.25) is 0 Å². The molecule has 0 bridgehead atoms. The van der Waals surface area contributed by atoms with E-state index in [4.69, 9.17) is 4.74 Å². The van der Waals surface area contributed by atoms with E-state index < -0.39 is 6.10 Å². The minimum atomic E-state index is -0.541. The molecule has 3 aromatic carbocycles. The van der Waals surface area contributed by atoms with E-state index in [9.17, 15) is 5.11 Å². The molecule has 146 valence electrons. The molecule has 0 saturated carbocycles. The van der Waals surface area contributed by atoms with E-state index in [2.05, 4.69) is 53.4 Å². The second-order valence-corrected chi connectivity index (χ2v) is 7.23. The molecule has 0 spiro atoms. The van der Waals surface area contributed by atoms with Crippen molar-refractivity contribution in [3.8, 4) is 5.75 Å². The Kier molecular flexibility index (Phi) is 7.65. The summed E-state index contributed by atoms with van der Waals surface area (Å²) in [6, 6.07) is 28.8. The maximum absolute atomic E-state index is 10.5. The molecule has 0 fully saturated rings. The second kappa shape index (κ2) is 10.6. The first-order valence-corrected chi connectivity index (χ1v) is 9.87. The van der Waals surface area contributed by atoms with Crippen LogP contribution in [0.15, 0.2) is 84.9 Å². The lowest BCUT2D eigenvalue weighted by Gasteiger charge is -2.25. The van der Waals surface area contributed by atoms with Crippen molar-refractivity contribution in [1.82, 2.24) is 4.90 Å². The number of hydrogen-bond donors (Lipinski definition) is 1. The Bertz CT molecular complexity index is 803. The van der Waals surface area contributed by atoms with Crippen LogP contribution in [0.1, 0.15) is 16.7 Å². The van der Waals surface area contributed by atoms with Crippen LogP contribution in [-0.4, -0.2) is 35.8 Å². The minimum absolute atomic E-state index is 0.291. The average molecular weight is 376 g/mol. The lowest BCUT2D eigenvalue weighted by molar-refractivity contribution is 0.0659. The van der Waals surface area contributed by atoms with Gasteiger partial charge in [-0.3, -0.25) is 4.90 Å². The van der Waals surface area contributed by atoms with Gasteiger partial charge in [0.2, 0.25) is 0 Å². The van der Waals surface area contributed by atoms with Crippen molar-refractivity contribution in [2.24, 2.45) is 0 Å². The molecule has 0 radical (unpaired) electrons. The Labute approximate surface area is 168 Å². The van der Waals surface area contributed by atoms with Crippen molar-refractivity contribution in [2.75, 3.05) is 19.7 Å². The number of aliphatic hydroxyl groups excluding tert-OH is 1. The standard InChI is InChI=1S/C25H29NO2/c1-21-12-14-25(15-13-21)28-20-24(27)19-26(18-23-10-6-3-7-11-23)17-16-22-8-4-2-5-9-22/h2-15,24,27H,16-20H2,1H3/t24-/m1/s1. The lowest BCUT2D eigenvalue weighted by atomic mass is 10.1. The van der Waals surface area contributed by atoms with E-state index >= 15 is 0 Å². The fourth-order valence-electron chi connectivity index (χ4n) is 3.19. The van der Waals surface area contributed by atoms with E-state index in [1.807, 2.05) is 43.3 Å². The highest BCUT2D eigenvalue weighted by atomic mass is 16.5. The summed E-state index contributed by atoms with van der Waals surface area (Å²) in [5.41, 5.74) is 3.76. The van der Waals surface area contributed by atoms with Gasteiger partial charge < -0.3 is 9.84 Å². The number of aliphatic hydroxyl groups is 1. The monoisotopic (exact) mass is 375 g/mol. The quantitative estimate of drug-likeness (QED) is 0.567. The third-order valence-electron chi connectivity index (χ3n) is 4.74. The molecule has 28 heavy (non-hydrogen) atoms. The number of rotatable bonds is 10. The smallest absolute Gasteiger partial charge is 0.119 e.